The van der Waals surface area contributed by atoms with Gasteiger partial charge in [0.1, 0.15) is 11.9 Å². The molecule has 0 fully saturated rings. The summed E-state index contributed by atoms with van der Waals surface area (Å²) in [7, 11) is 0. The summed E-state index contributed by atoms with van der Waals surface area (Å²) in [4.78, 5) is 14.3. The van der Waals surface area contributed by atoms with Gasteiger partial charge in [0.15, 0.2) is 0 Å². The molecule has 1 aromatic rings. The number of amides is 2. The van der Waals surface area contributed by atoms with Gasteiger partial charge in [0.2, 0.25) is 0 Å². The Kier molecular flexibility index (Phi) is 5.10. The first-order chi connectivity index (χ1) is 10.0. The van der Waals surface area contributed by atoms with Crippen molar-refractivity contribution in [2.45, 2.75) is 46.6 Å². The summed E-state index contributed by atoms with van der Waals surface area (Å²) in [5.74, 6) is 1.39. The Morgan fingerprint density at radius 3 is 2.90 bits per heavy atom. The minimum atomic E-state index is -0.0238. The molecule has 2 amide bonds. The fourth-order valence-electron chi connectivity index (χ4n) is 2.42. The summed E-state index contributed by atoms with van der Waals surface area (Å²) in [6.07, 6.45) is 1.95. The van der Waals surface area contributed by atoms with Crippen LogP contribution >= 0.6 is 0 Å². The number of nitrogens with zero attached hydrogens (tertiary/aromatic N) is 1. The smallest absolute Gasteiger partial charge is 0.322 e. The number of carbonyl (C=O) groups excluding carboxylic acids is 1. The molecule has 2 rings (SSSR count). The summed E-state index contributed by atoms with van der Waals surface area (Å²) in [5.41, 5.74) is 2.01. The maximum atomic E-state index is 12.5. The van der Waals surface area contributed by atoms with Crippen molar-refractivity contribution in [2.24, 2.45) is 5.92 Å². The number of ether oxygens (including phenoxy) is 1. The van der Waals surface area contributed by atoms with Gasteiger partial charge in [-0.05, 0) is 43.4 Å². The van der Waals surface area contributed by atoms with Gasteiger partial charge in [0, 0.05) is 6.54 Å². The fourth-order valence-corrected chi connectivity index (χ4v) is 2.42. The molecule has 0 saturated carbocycles. The Morgan fingerprint density at radius 1 is 1.48 bits per heavy atom. The third-order valence-electron chi connectivity index (χ3n) is 3.78. The van der Waals surface area contributed by atoms with Crippen LogP contribution in [0.1, 0.15) is 39.2 Å². The van der Waals surface area contributed by atoms with Crippen molar-refractivity contribution in [2.75, 3.05) is 18.0 Å². The van der Waals surface area contributed by atoms with E-state index in [1.807, 2.05) is 30.0 Å². The van der Waals surface area contributed by atoms with Crippen LogP contribution in [0.5, 0.6) is 5.75 Å². The molecule has 0 radical (unpaired) electrons. The van der Waals surface area contributed by atoms with Crippen molar-refractivity contribution in [3.63, 3.8) is 0 Å². The number of anilines is 1. The first kappa shape index (κ1) is 15.7. The number of aryl methyl sites for hydroxylation is 1. The van der Waals surface area contributed by atoms with Crippen LogP contribution in [0, 0.1) is 12.8 Å². The minimum Gasteiger partial charge on any atom is -0.486 e. The average Bonchev–Trinajstić information content (AvgIpc) is 2.45. The third kappa shape index (κ3) is 3.90. The fraction of sp³-hybridized carbons (Fsp3) is 0.588. The molecule has 0 aliphatic carbocycles. The lowest BCUT2D eigenvalue weighted by Gasteiger charge is -2.34. The van der Waals surface area contributed by atoms with Gasteiger partial charge in [-0.3, -0.25) is 4.90 Å². The van der Waals surface area contributed by atoms with Gasteiger partial charge in [-0.25, -0.2) is 4.79 Å². The number of hydrogen-bond acceptors (Lipinski definition) is 2. The van der Waals surface area contributed by atoms with Crippen LogP contribution in [0.2, 0.25) is 0 Å². The molecule has 116 valence electrons. The summed E-state index contributed by atoms with van der Waals surface area (Å²) in [6, 6.07) is 5.97. The SMILES string of the molecule is CC[C@H]1CN(C(=O)NCCC(C)C)c2cc(C)ccc2O1. The Hall–Kier alpha value is -1.71. The molecule has 0 unspecified atom stereocenters. The first-order valence-electron chi connectivity index (χ1n) is 7.84. The highest BCUT2D eigenvalue weighted by molar-refractivity contribution is 5.94. The van der Waals surface area contributed by atoms with Gasteiger partial charge in [0.05, 0.1) is 12.2 Å². The second kappa shape index (κ2) is 6.83. The summed E-state index contributed by atoms with van der Waals surface area (Å²) < 4.78 is 5.94. The van der Waals surface area contributed by atoms with Crippen molar-refractivity contribution < 1.29 is 9.53 Å². The van der Waals surface area contributed by atoms with E-state index in [-0.39, 0.29) is 12.1 Å². The van der Waals surface area contributed by atoms with Crippen LogP contribution in [-0.2, 0) is 0 Å². The highest BCUT2D eigenvalue weighted by atomic mass is 16.5. The first-order valence-corrected chi connectivity index (χ1v) is 7.84. The minimum absolute atomic E-state index is 0.0238. The lowest BCUT2D eigenvalue weighted by Crippen LogP contribution is -2.48. The lowest BCUT2D eigenvalue weighted by molar-refractivity contribution is 0.186. The van der Waals surface area contributed by atoms with E-state index in [9.17, 15) is 4.79 Å². The Bertz CT molecular complexity index is 500. The van der Waals surface area contributed by atoms with E-state index >= 15 is 0 Å². The van der Waals surface area contributed by atoms with E-state index in [2.05, 4.69) is 26.1 Å². The van der Waals surface area contributed by atoms with E-state index in [1.54, 1.807) is 0 Å². The van der Waals surface area contributed by atoms with Crippen LogP contribution in [0.4, 0.5) is 10.5 Å². The van der Waals surface area contributed by atoms with Gasteiger partial charge in [-0.15, -0.1) is 0 Å². The second-order valence-corrected chi connectivity index (χ2v) is 6.14. The Labute approximate surface area is 127 Å². The quantitative estimate of drug-likeness (QED) is 0.918. The van der Waals surface area contributed by atoms with Gasteiger partial charge in [-0.1, -0.05) is 26.8 Å². The molecule has 0 aromatic heterocycles. The molecular weight excluding hydrogens is 264 g/mol. The van der Waals surface area contributed by atoms with Crippen LogP contribution in [0.15, 0.2) is 18.2 Å². The molecule has 0 saturated heterocycles. The number of benzene rings is 1. The van der Waals surface area contributed by atoms with E-state index in [0.29, 0.717) is 19.0 Å². The molecule has 1 atom stereocenters. The predicted molar refractivity (Wildman–Crippen MR) is 86.1 cm³/mol. The number of rotatable bonds is 4. The largest absolute Gasteiger partial charge is 0.486 e. The van der Waals surface area contributed by atoms with E-state index in [0.717, 1.165) is 29.8 Å². The zero-order valence-electron chi connectivity index (χ0n) is 13.5. The summed E-state index contributed by atoms with van der Waals surface area (Å²) >= 11 is 0. The van der Waals surface area contributed by atoms with E-state index in [1.165, 1.54) is 0 Å². The maximum absolute atomic E-state index is 12.5. The Balaban J connectivity index is 2.14. The molecule has 4 heteroatoms. The molecule has 1 aliphatic heterocycles. The number of urea groups is 1. The van der Waals surface area contributed by atoms with E-state index < -0.39 is 0 Å². The zero-order valence-corrected chi connectivity index (χ0v) is 13.5. The molecule has 4 nitrogen and oxygen atoms in total. The third-order valence-corrected chi connectivity index (χ3v) is 3.78. The molecule has 1 aliphatic rings. The zero-order chi connectivity index (χ0) is 15.4. The van der Waals surface area contributed by atoms with Crippen LogP contribution in [0.3, 0.4) is 0 Å². The molecule has 1 aromatic carbocycles. The maximum Gasteiger partial charge on any atom is 0.322 e. The number of carbonyl (C=O) groups is 1. The number of nitrogens with one attached hydrogen (secondary N) is 1. The van der Waals surface area contributed by atoms with Crippen molar-refractivity contribution in [3.05, 3.63) is 23.8 Å². The number of hydrogen-bond donors (Lipinski definition) is 1. The second-order valence-electron chi connectivity index (χ2n) is 6.14. The highest BCUT2D eigenvalue weighted by Gasteiger charge is 2.28. The van der Waals surface area contributed by atoms with Gasteiger partial charge < -0.3 is 10.1 Å². The van der Waals surface area contributed by atoms with Gasteiger partial charge >= 0.3 is 6.03 Å². The topological polar surface area (TPSA) is 41.6 Å². The van der Waals surface area contributed by atoms with Crippen LogP contribution < -0.4 is 15.0 Å². The van der Waals surface area contributed by atoms with Crippen molar-refractivity contribution in [1.29, 1.82) is 0 Å². The van der Waals surface area contributed by atoms with E-state index in [4.69, 9.17) is 4.74 Å². The lowest BCUT2D eigenvalue weighted by atomic mass is 10.1. The van der Waals surface area contributed by atoms with Gasteiger partial charge in [-0.2, -0.15) is 0 Å². The molecule has 0 spiro atoms. The van der Waals surface area contributed by atoms with Crippen molar-refractivity contribution in [3.8, 4) is 5.75 Å². The molecule has 1 N–H and O–H groups in total. The summed E-state index contributed by atoms with van der Waals surface area (Å²) in [5, 5.41) is 3.02. The average molecular weight is 290 g/mol. The Morgan fingerprint density at radius 2 is 2.24 bits per heavy atom. The normalized spacial score (nSPS) is 17.4. The standard InChI is InChI=1S/C17H26N2O2/c1-5-14-11-19(17(20)18-9-8-12(2)3)15-10-13(4)6-7-16(15)21-14/h6-7,10,12,14H,5,8-9,11H2,1-4H3,(H,18,20)/t14-/m0/s1. The van der Waals surface area contributed by atoms with Crippen LogP contribution in [0.25, 0.3) is 0 Å². The van der Waals surface area contributed by atoms with Crippen LogP contribution in [-0.4, -0.2) is 25.2 Å². The molecule has 1 heterocycles. The number of fused-ring (bicyclic) bond motifs is 1. The van der Waals surface area contributed by atoms with Gasteiger partial charge in [0.25, 0.3) is 0 Å². The molecule has 21 heavy (non-hydrogen) atoms. The van der Waals surface area contributed by atoms with Crippen molar-refractivity contribution in [1.82, 2.24) is 5.32 Å². The molecular formula is C17H26N2O2. The highest BCUT2D eigenvalue weighted by Crippen LogP contribution is 2.34. The monoisotopic (exact) mass is 290 g/mol. The summed E-state index contributed by atoms with van der Waals surface area (Å²) in [6.45, 7) is 9.76. The molecule has 0 bridgehead atoms. The van der Waals surface area contributed by atoms with Crippen molar-refractivity contribution >= 4 is 11.7 Å². The predicted octanol–water partition coefficient (Wildman–Crippen LogP) is 3.73.